The van der Waals surface area contributed by atoms with Gasteiger partial charge in [-0.05, 0) is 80.3 Å². The largest absolute Gasteiger partial charge is 0.508 e. The number of carbonyl (C=O) groups excluding carboxylic acids is 14. The Morgan fingerprint density at radius 2 is 0.737 bits per heavy atom. The molecule has 0 saturated heterocycles. The Bertz CT molecular complexity index is 3870. The van der Waals surface area contributed by atoms with E-state index in [4.69, 9.17) is 28.0 Å². The van der Waals surface area contributed by atoms with E-state index in [9.17, 15) is 118 Å². The van der Waals surface area contributed by atoms with E-state index in [0.29, 0.717) is 5.56 Å². The number of aromatic amines is 1. The number of nitrogens with zero attached hydrogens (tertiary/aromatic N) is 1. The number of carboxylic acid groups (broad SMARTS) is 1. The molecule has 0 aliphatic carbocycles. The highest BCUT2D eigenvalue weighted by Crippen LogP contribution is 2.15. The fourth-order valence-corrected chi connectivity index (χ4v) is 11.2. The summed E-state index contributed by atoms with van der Waals surface area (Å²) in [7, 11) is 0. The lowest BCUT2D eigenvalue weighted by atomic mass is 10.0. The normalized spacial score (nSPS) is 14.9. The van der Waals surface area contributed by atoms with E-state index in [2.05, 4.69) is 120 Å². The highest BCUT2D eigenvalue weighted by Gasteiger charge is 2.38. The van der Waals surface area contributed by atoms with Gasteiger partial charge in [-0.3, -0.25) is 77.9 Å². The first-order valence-electron chi connectivity index (χ1n) is 36.7. The summed E-state index contributed by atoms with van der Waals surface area (Å²) >= 11 is 8.26. The highest BCUT2D eigenvalue weighted by molar-refractivity contribution is 7.80. The van der Waals surface area contributed by atoms with Crippen molar-refractivity contribution >= 4 is 126 Å². The quantitative estimate of drug-likeness (QED) is 0.0108. The van der Waals surface area contributed by atoms with Crippen molar-refractivity contribution in [2.75, 3.05) is 64.2 Å². The van der Waals surface area contributed by atoms with E-state index in [1.807, 2.05) is 0 Å². The lowest BCUT2D eigenvalue weighted by Crippen LogP contribution is -2.62. The summed E-state index contributed by atoms with van der Waals surface area (Å²) in [6.07, 6.45) is -0.358. The molecule has 14 amide bonds. The van der Waals surface area contributed by atoms with Gasteiger partial charge < -0.3 is 153 Å². The van der Waals surface area contributed by atoms with Crippen molar-refractivity contribution in [1.82, 2.24) is 95.0 Å². The number of nitrogens with one attached hydrogen (secondary N) is 19. The number of thiol groups is 2. The molecule has 0 aliphatic rings. The summed E-state index contributed by atoms with van der Waals surface area (Å²) in [6.45, 7) is -2.18. The number of aromatic nitrogens is 2. The third kappa shape index (κ3) is 35.8. The lowest BCUT2D eigenvalue weighted by molar-refractivity contribution is -0.142. The van der Waals surface area contributed by atoms with Crippen LogP contribution in [-0.2, 0) is 91.2 Å². The number of phenolic OH excluding ortho intramolecular Hbond substituents is 2. The number of aliphatic hydroxyl groups excluding tert-OH is 6. The van der Waals surface area contributed by atoms with Crippen LogP contribution in [0.1, 0.15) is 69.7 Å². The molecule has 1 aromatic heterocycles. The average Bonchev–Trinajstić information content (AvgIpc) is 0.895. The molecule has 0 fully saturated rings. The number of benzene rings is 2. The molecule has 34 N–H and O–H groups in total. The van der Waals surface area contributed by atoms with Gasteiger partial charge in [0.2, 0.25) is 82.7 Å². The van der Waals surface area contributed by atoms with Gasteiger partial charge in [-0.2, -0.15) is 25.3 Å². The van der Waals surface area contributed by atoms with Crippen LogP contribution in [0.2, 0.25) is 0 Å². The summed E-state index contributed by atoms with van der Waals surface area (Å²) in [5, 5.41) is 143. The van der Waals surface area contributed by atoms with Crippen LogP contribution >= 0.6 is 25.3 Å². The molecule has 0 spiro atoms. The van der Waals surface area contributed by atoms with Crippen LogP contribution in [0.25, 0.3) is 0 Å². The fraction of sp³-hybridized carbons (Fsp3) is 0.536. The standard InChI is InChI=1S/C69H107N23O24S2/c1-32(2)18-41(83-55(103)40(7-5-17-77-69(73)74)82-66(114)53(70)33(3)98)57(105)87-48(27-96)62(110)89-47(26-95)61(109)84-42(19-34-8-12-37(99)13-9-34)58(106)91-51(30-118)65(113)90-46(25-94)60(108)81-39(6-4-16-76-68(71)72)56(104)86-45(24-93)54(102)78-23-52(101)80-43(21-36-22-75-31-79-36)59(107)88-49(28-97)63(111)92-50(29-117)64(112)85-44(67(115)116)20-35-10-14-38(100)15-11-35/h8-15,22,31-33,39-51,53,93-100,117-118H,4-7,16-21,23-30,70H2,1-3H3,(H,75,79)(H,78,102)(H,80,101)(H,81,108)(H,82,114)(H,83,103)(H,84,109)(H,85,112)(H,86,104)(H,87,105)(H,88,107)(H,89,110)(H,90,113)(H,91,106)(H,92,111)(H,115,116)(H4,71,72,76)(H4,73,74,77)/t33-,39+,40+,41+,42+,43+,44+,45+,46+,47+,48+,49+,50+,51+,53+/m1/s1. The molecule has 0 unspecified atom stereocenters. The van der Waals surface area contributed by atoms with E-state index < -0.39 is 243 Å². The number of hydrogen-bond acceptors (Lipinski definition) is 29. The Labute approximate surface area is 686 Å². The molecular formula is C69H107N23O24S2. The SMILES string of the molecule is CC(C)C[C@H](NC(=O)[C@H](CCCNC(=N)N)NC(=O)[C@@H](N)[C@@H](C)O)C(=O)N[C@@H](CO)C(=O)N[C@@H](CO)C(=O)N[C@@H](Cc1ccc(O)cc1)C(=O)N[C@@H](CS)C(=O)N[C@@H](CO)C(=O)N[C@@H](CCCNC(=N)N)C(=O)N[C@@H](CO)C(=O)NCC(=O)N[C@@H](Cc1cnc[nH]1)C(=O)N[C@@H](CO)C(=O)N[C@@H](CS)C(=O)N[C@@H](Cc1ccc(O)cc1)C(=O)O. The van der Waals surface area contributed by atoms with Gasteiger partial charge in [0.05, 0.1) is 52.0 Å². The number of nitrogens with two attached hydrogens (primary N) is 3. The molecule has 0 aliphatic heterocycles. The third-order valence-corrected chi connectivity index (χ3v) is 17.9. The number of guanidine groups is 2. The number of aliphatic carboxylic acids is 1. The van der Waals surface area contributed by atoms with Gasteiger partial charge in [-0.25, -0.2) is 9.78 Å². The number of H-pyrrole nitrogens is 1. The number of amides is 14. The molecule has 0 radical (unpaired) electrons. The fourth-order valence-electron chi connectivity index (χ4n) is 10.6. The maximum absolute atomic E-state index is 14.3. The Balaban J connectivity index is 1.77. The number of rotatable bonds is 53. The van der Waals surface area contributed by atoms with Crippen molar-refractivity contribution in [2.24, 2.45) is 23.1 Å². The van der Waals surface area contributed by atoms with Crippen LogP contribution in [0.3, 0.4) is 0 Å². The Morgan fingerprint density at radius 1 is 0.424 bits per heavy atom. The number of imidazole rings is 1. The van der Waals surface area contributed by atoms with Crippen LogP contribution in [0.15, 0.2) is 61.1 Å². The lowest BCUT2D eigenvalue weighted by Gasteiger charge is -2.28. The van der Waals surface area contributed by atoms with Crippen LogP contribution < -0.4 is 102 Å². The summed E-state index contributed by atoms with van der Waals surface area (Å²) in [5.41, 5.74) is 17.5. The summed E-state index contributed by atoms with van der Waals surface area (Å²) in [5.74, 6) is -19.9. The minimum atomic E-state index is -1.97. The Hall–Kier alpha value is -11.7. The minimum absolute atomic E-state index is 0.0708. The van der Waals surface area contributed by atoms with Gasteiger partial charge >= 0.3 is 5.97 Å². The zero-order chi connectivity index (χ0) is 88.5. The number of phenols is 2. The third-order valence-electron chi connectivity index (χ3n) is 17.2. The first-order chi connectivity index (χ1) is 55.8. The van der Waals surface area contributed by atoms with E-state index in [-0.39, 0.29) is 92.7 Å². The topological polar surface area (TPSA) is 785 Å². The maximum atomic E-state index is 14.3. The van der Waals surface area contributed by atoms with Gasteiger partial charge in [-0.15, -0.1) is 0 Å². The average molecular weight is 1710 g/mol. The second kappa shape index (κ2) is 52.1. The van der Waals surface area contributed by atoms with Gasteiger partial charge in [0, 0.05) is 55.7 Å². The zero-order valence-corrected chi connectivity index (χ0v) is 66.3. The van der Waals surface area contributed by atoms with Crippen molar-refractivity contribution < 1.29 is 118 Å². The number of aromatic hydroxyl groups is 2. The van der Waals surface area contributed by atoms with Crippen LogP contribution in [0, 0.1) is 16.7 Å². The molecular weight excluding hydrogens is 1600 g/mol. The van der Waals surface area contributed by atoms with E-state index in [1.54, 1.807) is 13.8 Å². The second-order valence-electron chi connectivity index (χ2n) is 27.1. The number of aliphatic hydroxyl groups is 6. The molecule has 3 rings (SSSR count). The van der Waals surface area contributed by atoms with Crippen LogP contribution in [0.5, 0.6) is 11.5 Å². The molecule has 49 heteroatoms. The summed E-state index contributed by atoms with van der Waals surface area (Å²) in [4.78, 5) is 211. The number of carboxylic acids is 1. The molecule has 654 valence electrons. The molecule has 1 heterocycles. The van der Waals surface area contributed by atoms with E-state index >= 15 is 0 Å². The first kappa shape index (κ1) is 100. The molecule has 0 saturated carbocycles. The van der Waals surface area contributed by atoms with Crippen molar-refractivity contribution in [2.45, 2.75) is 163 Å². The first-order valence-corrected chi connectivity index (χ1v) is 37.9. The maximum Gasteiger partial charge on any atom is 0.326 e. The van der Waals surface area contributed by atoms with Crippen LogP contribution in [0.4, 0.5) is 0 Å². The predicted molar refractivity (Wildman–Crippen MR) is 422 cm³/mol. The second-order valence-corrected chi connectivity index (χ2v) is 27.8. The zero-order valence-electron chi connectivity index (χ0n) is 64.5. The Kier molecular flexibility index (Phi) is 44.3. The summed E-state index contributed by atoms with van der Waals surface area (Å²) < 4.78 is 0. The minimum Gasteiger partial charge on any atom is -0.508 e. The molecule has 2 aromatic carbocycles. The van der Waals surface area contributed by atoms with Crippen molar-refractivity contribution in [3.8, 4) is 11.5 Å². The highest BCUT2D eigenvalue weighted by atomic mass is 32.1. The van der Waals surface area contributed by atoms with Crippen molar-refractivity contribution in [3.63, 3.8) is 0 Å². The molecule has 47 nitrogen and oxygen atoms in total. The molecule has 0 bridgehead atoms. The van der Waals surface area contributed by atoms with Crippen molar-refractivity contribution in [3.05, 3.63) is 77.9 Å². The van der Waals surface area contributed by atoms with Crippen LogP contribution in [-0.4, -0.2) is 311 Å². The monoisotopic (exact) mass is 1710 g/mol. The Morgan fingerprint density at radius 3 is 1.09 bits per heavy atom. The van der Waals surface area contributed by atoms with E-state index in [0.717, 1.165) is 0 Å². The van der Waals surface area contributed by atoms with Gasteiger partial charge in [-0.1, -0.05) is 38.1 Å². The van der Waals surface area contributed by atoms with Gasteiger partial charge in [0.15, 0.2) is 11.9 Å². The molecule has 3 aromatic rings. The van der Waals surface area contributed by atoms with Crippen molar-refractivity contribution in [1.29, 1.82) is 10.8 Å². The van der Waals surface area contributed by atoms with Gasteiger partial charge in [0.25, 0.3) is 0 Å². The van der Waals surface area contributed by atoms with E-state index in [1.165, 1.54) is 68.0 Å². The molecule has 118 heavy (non-hydrogen) atoms. The molecule has 15 atom stereocenters. The summed E-state index contributed by atoms with van der Waals surface area (Å²) in [6, 6.07) is -13.1. The smallest absolute Gasteiger partial charge is 0.326 e. The number of carbonyl (C=O) groups is 15. The number of hydrogen-bond donors (Lipinski definition) is 33. The predicted octanol–water partition coefficient (Wildman–Crippen LogP) is -12.5. The van der Waals surface area contributed by atoms with Gasteiger partial charge in [0.1, 0.15) is 96.1 Å².